The monoisotopic (exact) mass is 439 g/mol. The highest BCUT2D eigenvalue weighted by Crippen LogP contribution is 2.29. The molecule has 2 N–H and O–H groups in total. The first kappa shape index (κ1) is 19.0. The number of para-hydroxylation sites is 1. The molecule has 9 heteroatoms. The van der Waals surface area contributed by atoms with Crippen LogP contribution in [0, 0.1) is 6.92 Å². The van der Waals surface area contributed by atoms with Gasteiger partial charge in [0.05, 0.1) is 58.4 Å². The van der Waals surface area contributed by atoms with Crippen LogP contribution < -0.4 is 10.6 Å². The van der Waals surface area contributed by atoms with E-state index in [1.54, 1.807) is 12.4 Å². The summed E-state index contributed by atoms with van der Waals surface area (Å²) in [6.45, 7) is 3.13. The number of ether oxygens (including phenoxy) is 1. The zero-order valence-corrected chi connectivity index (χ0v) is 17.6. The van der Waals surface area contributed by atoms with Crippen LogP contribution >= 0.6 is 22.9 Å². The molecule has 0 spiro atoms. The number of amides is 1. The topological polar surface area (TPSA) is 81.1 Å². The van der Waals surface area contributed by atoms with Gasteiger partial charge in [-0.15, -0.1) is 11.3 Å². The Labute approximate surface area is 181 Å². The number of aromatic nitrogens is 3. The number of anilines is 2. The smallest absolute Gasteiger partial charge is 0.261 e. The van der Waals surface area contributed by atoms with Crippen LogP contribution in [-0.2, 0) is 4.74 Å². The average Bonchev–Trinajstić information content (AvgIpc) is 3.29. The Morgan fingerprint density at radius 1 is 1.27 bits per heavy atom. The van der Waals surface area contributed by atoms with E-state index in [4.69, 9.17) is 16.3 Å². The largest absolute Gasteiger partial charge is 0.377 e. The fourth-order valence-electron chi connectivity index (χ4n) is 3.26. The normalized spacial score (nSPS) is 13.9. The number of halogens is 1. The standard InChI is InChI=1S/C21H18ClN5O2S/c1-12-17(7-19(30-12)21(28)25-14-10-29-11-14)27-18-9-23-20(6-13(18)8-24-27)26-16-5-3-2-4-15(16)22/h2-9,14H,10-11H2,1H3,(H,23,26)(H,25,28). The third kappa shape index (κ3) is 3.54. The molecule has 1 fully saturated rings. The van der Waals surface area contributed by atoms with Crippen LogP contribution in [0.3, 0.4) is 0 Å². The molecule has 4 aromatic rings. The summed E-state index contributed by atoms with van der Waals surface area (Å²) in [5.41, 5.74) is 2.53. The molecule has 5 rings (SSSR count). The molecule has 1 aromatic carbocycles. The van der Waals surface area contributed by atoms with Crippen LogP contribution in [0.5, 0.6) is 0 Å². The molecule has 1 amide bonds. The molecule has 0 atom stereocenters. The van der Waals surface area contributed by atoms with Crippen molar-refractivity contribution < 1.29 is 9.53 Å². The third-order valence-electron chi connectivity index (χ3n) is 4.91. The molecule has 3 aromatic heterocycles. The Kier molecular flexibility index (Phi) is 4.90. The van der Waals surface area contributed by atoms with Crippen molar-refractivity contribution in [2.24, 2.45) is 0 Å². The maximum atomic E-state index is 12.5. The molecule has 30 heavy (non-hydrogen) atoms. The Bertz CT molecular complexity index is 1250. The van der Waals surface area contributed by atoms with Crippen molar-refractivity contribution >= 4 is 51.3 Å². The van der Waals surface area contributed by atoms with Gasteiger partial charge in [-0.25, -0.2) is 9.67 Å². The number of carbonyl (C=O) groups excluding carboxylic acids is 1. The van der Waals surface area contributed by atoms with Crippen LogP contribution in [0.4, 0.5) is 11.5 Å². The van der Waals surface area contributed by atoms with Crippen LogP contribution in [0.1, 0.15) is 14.5 Å². The van der Waals surface area contributed by atoms with Crippen molar-refractivity contribution in [2.75, 3.05) is 18.5 Å². The lowest BCUT2D eigenvalue weighted by Crippen LogP contribution is -2.48. The average molecular weight is 440 g/mol. The van der Waals surface area contributed by atoms with Crippen molar-refractivity contribution in [2.45, 2.75) is 13.0 Å². The van der Waals surface area contributed by atoms with Gasteiger partial charge < -0.3 is 15.4 Å². The minimum absolute atomic E-state index is 0.0801. The van der Waals surface area contributed by atoms with Crippen LogP contribution in [0.15, 0.2) is 48.8 Å². The Morgan fingerprint density at radius 2 is 2.10 bits per heavy atom. The van der Waals surface area contributed by atoms with Crippen LogP contribution in [0.25, 0.3) is 16.6 Å². The van der Waals surface area contributed by atoms with E-state index in [1.807, 2.05) is 48.0 Å². The van der Waals surface area contributed by atoms with Crippen molar-refractivity contribution in [1.82, 2.24) is 20.1 Å². The van der Waals surface area contributed by atoms with Gasteiger partial charge in [0.2, 0.25) is 0 Å². The van der Waals surface area contributed by atoms with Gasteiger partial charge in [0.15, 0.2) is 0 Å². The Hall–Kier alpha value is -2.94. The van der Waals surface area contributed by atoms with Crippen molar-refractivity contribution in [3.63, 3.8) is 0 Å². The summed E-state index contributed by atoms with van der Waals surface area (Å²) in [4.78, 5) is 18.6. The number of carbonyl (C=O) groups is 1. The number of hydrogen-bond acceptors (Lipinski definition) is 6. The van der Waals surface area contributed by atoms with E-state index < -0.39 is 0 Å². The first-order valence-electron chi connectivity index (χ1n) is 9.43. The van der Waals surface area contributed by atoms with E-state index in [2.05, 4.69) is 20.7 Å². The van der Waals surface area contributed by atoms with Gasteiger partial charge in [0, 0.05) is 10.3 Å². The number of fused-ring (bicyclic) bond motifs is 1. The maximum absolute atomic E-state index is 12.5. The minimum Gasteiger partial charge on any atom is -0.377 e. The fourth-order valence-corrected chi connectivity index (χ4v) is 4.34. The molecule has 4 heterocycles. The summed E-state index contributed by atoms with van der Waals surface area (Å²) in [6.07, 6.45) is 3.56. The highest BCUT2D eigenvalue weighted by molar-refractivity contribution is 7.14. The number of hydrogen-bond donors (Lipinski definition) is 2. The number of aryl methyl sites for hydroxylation is 1. The van der Waals surface area contributed by atoms with Gasteiger partial charge in [0.1, 0.15) is 5.82 Å². The van der Waals surface area contributed by atoms with E-state index >= 15 is 0 Å². The van der Waals surface area contributed by atoms with Crippen molar-refractivity contribution in [1.29, 1.82) is 0 Å². The lowest BCUT2D eigenvalue weighted by molar-refractivity contribution is -0.00338. The van der Waals surface area contributed by atoms with E-state index in [1.165, 1.54) is 11.3 Å². The van der Waals surface area contributed by atoms with E-state index in [0.717, 1.165) is 27.2 Å². The second-order valence-corrected chi connectivity index (χ2v) is 8.71. The summed E-state index contributed by atoms with van der Waals surface area (Å²) >= 11 is 7.67. The Balaban J connectivity index is 1.42. The summed E-state index contributed by atoms with van der Waals surface area (Å²) in [7, 11) is 0. The zero-order valence-electron chi connectivity index (χ0n) is 16.1. The number of thiophene rings is 1. The molecule has 0 bridgehead atoms. The summed E-state index contributed by atoms with van der Waals surface area (Å²) in [5, 5.41) is 12.3. The van der Waals surface area contributed by atoms with Crippen molar-refractivity contribution in [3.8, 4) is 5.69 Å². The molecule has 0 aliphatic carbocycles. The Morgan fingerprint density at radius 3 is 2.87 bits per heavy atom. The molecule has 1 saturated heterocycles. The number of rotatable bonds is 5. The molecule has 0 unspecified atom stereocenters. The molecule has 152 valence electrons. The first-order chi connectivity index (χ1) is 14.6. The second kappa shape index (κ2) is 7.71. The first-order valence-corrected chi connectivity index (χ1v) is 10.6. The molecule has 0 radical (unpaired) electrons. The maximum Gasteiger partial charge on any atom is 0.261 e. The van der Waals surface area contributed by atoms with Crippen molar-refractivity contribution in [3.05, 3.63) is 63.6 Å². The highest BCUT2D eigenvalue weighted by Gasteiger charge is 2.23. The van der Waals surface area contributed by atoms with Gasteiger partial charge in [-0.05, 0) is 31.2 Å². The minimum atomic E-state index is -0.0801. The molecule has 0 saturated carbocycles. The lowest BCUT2D eigenvalue weighted by Gasteiger charge is -2.26. The summed E-state index contributed by atoms with van der Waals surface area (Å²) in [6, 6.07) is 11.4. The van der Waals surface area contributed by atoms with E-state index in [0.29, 0.717) is 28.9 Å². The predicted octanol–water partition coefficient (Wildman–Crippen LogP) is 4.32. The fraction of sp³-hybridized carbons (Fsp3) is 0.190. The SMILES string of the molecule is Cc1sc(C(=O)NC2COC2)cc1-n1ncc2cc(Nc3ccccc3Cl)ncc21. The molecule has 1 aliphatic rings. The second-order valence-electron chi connectivity index (χ2n) is 7.05. The van der Waals surface area contributed by atoms with Crippen LogP contribution in [-0.4, -0.2) is 39.9 Å². The third-order valence-corrected chi connectivity index (χ3v) is 6.28. The highest BCUT2D eigenvalue weighted by atomic mass is 35.5. The molecule has 7 nitrogen and oxygen atoms in total. The van der Waals surface area contributed by atoms with Gasteiger partial charge >= 0.3 is 0 Å². The summed E-state index contributed by atoms with van der Waals surface area (Å²) < 4.78 is 6.93. The lowest BCUT2D eigenvalue weighted by atomic mass is 10.2. The van der Waals surface area contributed by atoms with Gasteiger partial charge in [-0.2, -0.15) is 5.10 Å². The predicted molar refractivity (Wildman–Crippen MR) is 118 cm³/mol. The quantitative estimate of drug-likeness (QED) is 0.484. The van der Waals surface area contributed by atoms with E-state index in [9.17, 15) is 4.79 Å². The number of pyridine rings is 1. The summed E-state index contributed by atoms with van der Waals surface area (Å²) in [5.74, 6) is 0.600. The van der Waals surface area contributed by atoms with Gasteiger partial charge in [0.25, 0.3) is 5.91 Å². The zero-order chi connectivity index (χ0) is 20.7. The number of nitrogens with zero attached hydrogens (tertiary/aromatic N) is 3. The van der Waals surface area contributed by atoms with Gasteiger partial charge in [-0.3, -0.25) is 4.79 Å². The molecular formula is C21H18ClN5O2S. The molecule has 1 aliphatic heterocycles. The number of nitrogens with one attached hydrogen (secondary N) is 2. The van der Waals surface area contributed by atoms with Gasteiger partial charge in [-0.1, -0.05) is 23.7 Å². The molecular weight excluding hydrogens is 422 g/mol. The van der Waals surface area contributed by atoms with E-state index in [-0.39, 0.29) is 11.9 Å². The van der Waals surface area contributed by atoms with Crippen LogP contribution in [0.2, 0.25) is 5.02 Å². The number of benzene rings is 1.